The first kappa shape index (κ1) is 11.5. The SMILES string of the molecule is CCc1occc1C(=O)NCC1(CCl)CC1. The number of hydrogen-bond acceptors (Lipinski definition) is 2. The average molecular weight is 242 g/mol. The summed E-state index contributed by atoms with van der Waals surface area (Å²) in [7, 11) is 0. The van der Waals surface area contributed by atoms with E-state index in [4.69, 9.17) is 16.0 Å². The zero-order valence-corrected chi connectivity index (χ0v) is 10.1. The largest absolute Gasteiger partial charge is 0.469 e. The molecule has 2 rings (SSSR count). The normalized spacial score (nSPS) is 17.1. The second-order valence-corrected chi connectivity index (χ2v) is 4.69. The van der Waals surface area contributed by atoms with Crippen LogP contribution in [0.2, 0.25) is 0 Å². The fraction of sp³-hybridized carbons (Fsp3) is 0.583. The number of halogens is 1. The third-order valence-corrected chi connectivity index (χ3v) is 3.74. The van der Waals surface area contributed by atoms with Gasteiger partial charge in [0, 0.05) is 24.3 Å². The Morgan fingerprint density at radius 3 is 2.94 bits per heavy atom. The Balaban J connectivity index is 1.93. The van der Waals surface area contributed by atoms with E-state index >= 15 is 0 Å². The molecular weight excluding hydrogens is 226 g/mol. The molecular formula is C12H16ClNO2. The summed E-state index contributed by atoms with van der Waals surface area (Å²) in [5.41, 5.74) is 0.806. The summed E-state index contributed by atoms with van der Waals surface area (Å²) in [5.74, 6) is 1.31. The van der Waals surface area contributed by atoms with E-state index in [2.05, 4.69) is 5.32 Å². The van der Waals surface area contributed by atoms with Crippen LogP contribution in [0, 0.1) is 5.41 Å². The molecule has 4 heteroatoms. The van der Waals surface area contributed by atoms with Crippen molar-refractivity contribution in [2.45, 2.75) is 26.2 Å². The molecule has 0 saturated heterocycles. The Morgan fingerprint density at radius 2 is 2.38 bits per heavy atom. The summed E-state index contributed by atoms with van der Waals surface area (Å²) >= 11 is 5.85. The first-order chi connectivity index (χ1) is 7.71. The van der Waals surface area contributed by atoms with Crippen molar-refractivity contribution in [1.82, 2.24) is 5.32 Å². The third kappa shape index (κ3) is 2.24. The van der Waals surface area contributed by atoms with Gasteiger partial charge in [-0.2, -0.15) is 0 Å². The summed E-state index contributed by atoms with van der Waals surface area (Å²) in [4.78, 5) is 11.9. The van der Waals surface area contributed by atoms with Crippen molar-refractivity contribution in [3.8, 4) is 0 Å². The quantitative estimate of drug-likeness (QED) is 0.806. The highest BCUT2D eigenvalue weighted by molar-refractivity contribution is 6.18. The van der Waals surface area contributed by atoms with Gasteiger partial charge < -0.3 is 9.73 Å². The zero-order chi connectivity index (χ0) is 11.6. The molecule has 1 fully saturated rings. The Kier molecular flexibility index (Phi) is 3.24. The van der Waals surface area contributed by atoms with Crippen molar-refractivity contribution in [3.05, 3.63) is 23.7 Å². The highest BCUT2D eigenvalue weighted by Crippen LogP contribution is 2.45. The number of alkyl halides is 1. The van der Waals surface area contributed by atoms with E-state index in [0.29, 0.717) is 18.0 Å². The molecule has 1 heterocycles. The molecule has 1 aromatic heterocycles. The van der Waals surface area contributed by atoms with Gasteiger partial charge in [-0.25, -0.2) is 0 Å². The van der Waals surface area contributed by atoms with Crippen molar-refractivity contribution in [3.63, 3.8) is 0 Å². The van der Waals surface area contributed by atoms with Gasteiger partial charge in [0.25, 0.3) is 5.91 Å². The Bertz CT molecular complexity index is 382. The van der Waals surface area contributed by atoms with Gasteiger partial charge >= 0.3 is 0 Å². The molecule has 1 N–H and O–H groups in total. The molecule has 1 amide bonds. The summed E-state index contributed by atoms with van der Waals surface area (Å²) in [6, 6.07) is 1.72. The number of nitrogens with one attached hydrogen (secondary N) is 1. The molecule has 0 radical (unpaired) electrons. The van der Waals surface area contributed by atoms with Gasteiger partial charge in [-0.15, -0.1) is 11.6 Å². The van der Waals surface area contributed by atoms with E-state index < -0.39 is 0 Å². The van der Waals surface area contributed by atoms with Gasteiger partial charge in [-0.3, -0.25) is 4.79 Å². The minimum Gasteiger partial charge on any atom is -0.469 e. The molecule has 0 unspecified atom stereocenters. The van der Waals surface area contributed by atoms with Crippen molar-refractivity contribution < 1.29 is 9.21 Å². The van der Waals surface area contributed by atoms with Gasteiger partial charge in [0.15, 0.2) is 0 Å². The lowest BCUT2D eigenvalue weighted by Gasteiger charge is -2.12. The van der Waals surface area contributed by atoms with E-state index in [0.717, 1.165) is 25.0 Å². The van der Waals surface area contributed by atoms with Gasteiger partial charge in [-0.1, -0.05) is 6.92 Å². The van der Waals surface area contributed by atoms with Crippen LogP contribution in [0.3, 0.4) is 0 Å². The molecule has 3 nitrogen and oxygen atoms in total. The summed E-state index contributed by atoms with van der Waals surface area (Å²) in [5, 5.41) is 2.93. The monoisotopic (exact) mass is 241 g/mol. The molecule has 0 atom stereocenters. The first-order valence-corrected chi connectivity index (χ1v) is 6.15. The van der Waals surface area contributed by atoms with Crippen LogP contribution < -0.4 is 5.32 Å². The van der Waals surface area contributed by atoms with E-state index in [1.165, 1.54) is 0 Å². The maximum absolute atomic E-state index is 11.9. The highest BCUT2D eigenvalue weighted by Gasteiger charge is 2.41. The molecule has 1 aromatic rings. The molecule has 0 spiro atoms. The van der Waals surface area contributed by atoms with Crippen LogP contribution in [-0.4, -0.2) is 18.3 Å². The number of hydrogen-bond donors (Lipinski definition) is 1. The van der Waals surface area contributed by atoms with Crippen LogP contribution in [0.25, 0.3) is 0 Å². The maximum Gasteiger partial charge on any atom is 0.254 e. The van der Waals surface area contributed by atoms with Crippen LogP contribution >= 0.6 is 11.6 Å². The molecule has 88 valence electrons. The van der Waals surface area contributed by atoms with Crippen LogP contribution in [-0.2, 0) is 6.42 Å². The van der Waals surface area contributed by atoms with Gasteiger partial charge in [0.1, 0.15) is 5.76 Å². The standard InChI is InChI=1S/C12H16ClNO2/c1-2-10-9(3-6-16-10)11(15)14-8-12(7-13)4-5-12/h3,6H,2,4-5,7-8H2,1H3,(H,14,15). The lowest BCUT2D eigenvalue weighted by atomic mass is 10.1. The fourth-order valence-corrected chi connectivity index (χ4v) is 2.08. The van der Waals surface area contributed by atoms with Crippen molar-refractivity contribution in [2.24, 2.45) is 5.41 Å². The van der Waals surface area contributed by atoms with Crippen LogP contribution in [0.1, 0.15) is 35.9 Å². The number of carbonyl (C=O) groups excluding carboxylic acids is 1. The van der Waals surface area contributed by atoms with Gasteiger partial charge in [-0.05, 0) is 18.9 Å². The highest BCUT2D eigenvalue weighted by atomic mass is 35.5. The van der Waals surface area contributed by atoms with E-state index in [9.17, 15) is 4.79 Å². The number of furan rings is 1. The number of carbonyl (C=O) groups is 1. The first-order valence-electron chi connectivity index (χ1n) is 5.61. The molecule has 0 bridgehead atoms. The molecule has 16 heavy (non-hydrogen) atoms. The second-order valence-electron chi connectivity index (χ2n) is 4.43. The van der Waals surface area contributed by atoms with Crippen LogP contribution in [0.5, 0.6) is 0 Å². The van der Waals surface area contributed by atoms with Gasteiger partial charge in [0.05, 0.1) is 11.8 Å². The lowest BCUT2D eigenvalue weighted by Crippen LogP contribution is -2.31. The molecule has 1 aliphatic carbocycles. The number of rotatable bonds is 5. The molecule has 1 aliphatic rings. The summed E-state index contributed by atoms with van der Waals surface area (Å²) < 4.78 is 5.22. The minimum absolute atomic E-state index is 0.0537. The van der Waals surface area contributed by atoms with Crippen molar-refractivity contribution >= 4 is 17.5 Å². The van der Waals surface area contributed by atoms with Gasteiger partial charge in [0.2, 0.25) is 0 Å². The van der Waals surface area contributed by atoms with E-state index in [1.54, 1.807) is 12.3 Å². The Hall–Kier alpha value is -0.960. The Labute approximate surface area is 100 Å². The van der Waals surface area contributed by atoms with Crippen LogP contribution in [0.15, 0.2) is 16.7 Å². The predicted octanol–water partition coefficient (Wildman–Crippen LogP) is 2.59. The van der Waals surface area contributed by atoms with Crippen molar-refractivity contribution in [1.29, 1.82) is 0 Å². The third-order valence-electron chi connectivity index (χ3n) is 3.18. The van der Waals surface area contributed by atoms with Crippen LogP contribution in [0.4, 0.5) is 0 Å². The fourth-order valence-electron chi connectivity index (χ4n) is 1.71. The van der Waals surface area contributed by atoms with E-state index in [1.807, 2.05) is 6.92 Å². The summed E-state index contributed by atoms with van der Waals surface area (Å²) in [6.45, 7) is 2.64. The second kappa shape index (κ2) is 4.50. The van der Waals surface area contributed by atoms with E-state index in [-0.39, 0.29) is 11.3 Å². The number of aryl methyl sites for hydroxylation is 1. The summed E-state index contributed by atoms with van der Waals surface area (Å²) in [6.07, 6.45) is 4.52. The number of amides is 1. The minimum atomic E-state index is -0.0537. The topological polar surface area (TPSA) is 42.2 Å². The molecule has 0 aromatic carbocycles. The zero-order valence-electron chi connectivity index (χ0n) is 9.38. The predicted molar refractivity (Wildman–Crippen MR) is 62.8 cm³/mol. The average Bonchev–Trinajstić information content (AvgIpc) is 2.94. The molecule has 0 aliphatic heterocycles. The Morgan fingerprint density at radius 1 is 1.62 bits per heavy atom. The van der Waals surface area contributed by atoms with Crippen molar-refractivity contribution in [2.75, 3.05) is 12.4 Å². The lowest BCUT2D eigenvalue weighted by molar-refractivity contribution is 0.0944. The molecule has 1 saturated carbocycles. The smallest absolute Gasteiger partial charge is 0.254 e. The maximum atomic E-state index is 11.9.